The Morgan fingerprint density at radius 1 is 1.32 bits per heavy atom. The molecule has 0 aromatic carbocycles. The predicted molar refractivity (Wildman–Crippen MR) is 139 cm³/mol. The van der Waals surface area contributed by atoms with Crippen LogP contribution in [0.1, 0.15) is 5.69 Å². The van der Waals surface area contributed by atoms with Crippen molar-refractivity contribution in [2.24, 2.45) is 5.16 Å². The van der Waals surface area contributed by atoms with Gasteiger partial charge < -0.3 is 30.7 Å². The van der Waals surface area contributed by atoms with Gasteiger partial charge in [0, 0.05) is 35.6 Å². The number of amides is 2. The van der Waals surface area contributed by atoms with Gasteiger partial charge in [-0.05, 0) is 29.3 Å². The van der Waals surface area contributed by atoms with Crippen LogP contribution in [0.4, 0.5) is 5.13 Å². The molecule has 2 amide bonds. The molecule has 2 atom stereocenters. The molecule has 4 aliphatic rings. The first-order chi connectivity index (χ1) is 18.2. The van der Waals surface area contributed by atoms with E-state index in [2.05, 4.69) is 15.5 Å². The van der Waals surface area contributed by atoms with E-state index in [0.29, 0.717) is 22.5 Å². The SMILES string of the molecule is CO/N=C(\C(=O)N[C@@H]1C(=O)N2C(C(=O)O)=C(Cn3ccc4cc(=O)c(O)cc-4c3)CS[C@H]12)c1csc(N)n1. The van der Waals surface area contributed by atoms with Crippen LogP contribution in [0.25, 0.3) is 11.1 Å². The summed E-state index contributed by atoms with van der Waals surface area (Å²) in [5, 5.41) is 27.2. The van der Waals surface area contributed by atoms with Crippen LogP contribution in [0.15, 0.2) is 57.2 Å². The largest absolute Gasteiger partial charge is 0.504 e. The number of aromatic nitrogens is 2. The molecule has 5 rings (SSSR count). The molecule has 0 saturated carbocycles. The Morgan fingerprint density at radius 2 is 2.11 bits per heavy atom. The number of aromatic hydroxyl groups is 1. The molecule has 0 bridgehead atoms. The average Bonchev–Trinajstić information content (AvgIpc) is 3.31. The third-order valence-corrected chi connectivity index (χ3v) is 8.00. The number of fused-ring (bicyclic) bond motifs is 2. The second-order valence-electron chi connectivity index (χ2n) is 8.38. The van der Waals surface area contributed by atoms with Gasteiger partial charge in [0.2, 0.25) is 5.43 Å². The van der Waals surface area contributed by atoms with Crippen molar-refractivity contribution in [2.75, 3.05) is 18.6 Å². The number of thiazole rings is 1. The van der Waals surface area contributed by atoms with E-state index in [1.165, 1.54) is 41.3 Å². The first kappa shape index (κ1) is 25.3. The van der Waals surface area contributed by atoms with Gasteiger partial charge >= 0.3 is 5.97 Å². The van der Waals surface area contributed by atoms with Gasteiger partial charge in [0.15, 0.2) is 16.6 Å². The number of aliphatic carboxylic acids is 1. The third-order valence-electron chi connectivity index (χ3n) is 5.99. The summed E-state index contributed by atoms with van der Waals surface area (Å²) in [6.07, 6.45) is 3.37. The summed E-state index contributed by atoms with van der Waals surface area (Å²) in [6, 6.07) is 3.38. The van der Waals surface area contributed by atoms with E-state index in [4.69, 9.17) is 10.6 Å². The number of nitrogens with two attached hydrogens (primary N) is 1. The lowest BCUT2D eigenvalue weighted by Gasteiger charge is -2.49. The minimum Gasteiger partial charge on any atom is -0.504 e. The van der Waals surface area contributed by atoms with Crippen LogP contribution in [0.3, 0.4) is 0 Å². The Hall–Kier alpha value is -4.37. The summed E-state index contributed by atoms with van der Waals surface area (Å²) in [6.45, 7) is 0.161. The first-order valence-corrected chi connectivity index (χ1v) is 13.0. The molecule has 15 heteroatoms. The second kappa shape index (κ2) is 9.83. The molecule has 1 saturated heterocycles. The lowest BCUT2D eigenvalue weighted by atomic mass is 10.0. The van der Waals surface area contributed by atoms with Crippen molar-refractivity contribution < 1.29 is 29.4 Å². The molecule has 0 radical (unpaired) electrons. The van der Waals surface area contributed by atoms with Crippen LogP contribution in [-0.4, -0.2) is 72.4 Å². The van der Waals surface area contributed by atoms with Gasteiger partial charge in [0.25, 0.3) is 11.8 Å². The summed E-state index contributed by atoms with van der Waals surface area (Å²) in [5.41, 5.74) is 6.75. The van der Waals surface area contributed by atoms with Gasteiger partial charge in [-0.25, -0.2) is 9.78 Å². The quantitative estimate of drug-likeness (QED) is 0.181. The smallest absolute Gasteiger partial charge is 0.352 e. The van der Waals surface area contributed by atoms with Crippen LogP contribution in [0.2, 0.25) is 0 Å². The number of phenols is 1. The maximum atomic E-state index is 13.0. The standard InChI is InChI=1S/C23H20N6O7S2/c1-36-27-16(13-9-38-23(24)25-13)19(32)26-17-20(33)29-18(22(34)35)12(8-37-21(17)29)7-28-3-2-10-4-14(30)15(31)5-11(10)6-28/h2-6,9,17,21,31H,7-8H2,1H3,(H2,24,25)(H,26,32)(H,34,35)/b27-16-/t17-,21-/m1/s1. The number of β-lactam (4-membered cyclic amide) rings is 1. The fourth-order valence-electron chi connectivity index (χ4n) is 4.28. The number of carbonyl (C=O) groups is 3. The molecule has 13 nitrogen and oxygen atoms in total. The van der Waals surface area contributed by atoms with E-state index in [9.17, 15) is 29.4 Å². The van der Waals surface area contributed by atoms with Crippen LogP contribution in [0.5, 0.6) is 5.75 Å². The van der Waals surface area contributed by atoms with Gasteiger partial charge in [-0.15, -0.1) is 23.1 Å². The molecule has 4 heterocycles. The molecular weight excluding hydrogens is 536 g/mol. The number of anilines is 1. The van der Waals surface area contributed by atoms with E-state index in [-0.39, 0.29) is 34.5 Å². The van der Waals surface area contributed by atoms with Crippen molar-refractivity contribution in [1.29, 1.82) is 0 Å². The number of hydrogen-bond donors (Lipinski definition) is 4. The number of phenolic OH excluding ortho intramolecular Hbond substituents is 1. The number of rotatable bonds is 7. The maximum Gasteiger partial charge on any atom is 0.352 e. The summed E-state index contributed by atoms with van der Waals surface area (Å²) >= 11 is 2.43. The van der Waals surface area contributed by atoms with Crippen molar-refractivity contribution in [2.45, 2.75) is 18.0 Å². The monoisotopic (exact) mass is 556 g/mol. The molecule has 1 aromatic rings. The minimum atomic E-state index is -1.27. The summed E-state index contributed by atoms with van der Waals surface area (Å²) < 4.78 is 1.71. The van der Waals surface area contributed by atoms with Crippen LogP contribution in [-0.2, 0) is 25.8 Å². The van der Waals surface area contributed by atoms with Crippen LogP contribution in [0, 0.1) is 0 Å². The third kappa shape index (κ3) is 4.45. The Bertz CT molecular complexity index is 1560. The highest BCUT2D eigenvalue weighted by Gasteiger charge is 2.54. The van der Waals surface area contributed by atoms with Crippen molar-refractivity contribution >= 4 is 51.7 Å². The second-order valence-corrected chi connectivity index (χ2v) is 10.4. The fourth-order valence-corrected chi connectivity index (χ4v) is 6.16. The Kier molecular flexibility index (Phi) is 6.54. The van der Waals surface area contributed by atoms with E-state index in [1.54, 1.807) is 23.0 Å². The molecule has 0 spiro atoms. The zero-order valence-corrected chi connectivity index (χ0v) is 21.3. The number of thioether (sulfide) groups is 1. The van der Waals surface area contributed by atoms with Crippen LogP contribution >= 0.6 is 23.1 Å². The zero-order chi connectivity index (χ0) is 27.1. The fraction of sp³-hybridized carbons (Fsp3) is 0.217. The van der Waals surface area contributed by atoms with Crippen molar-refractivity contribution in [1.82, 2.24) is 19.8 Å². The van der Waals surface area contributed by atoms with Gasteiger partial charge in [-0.1, -0.05) is 5.16 Å². The summed E-state index contributed by atoms with van der Waals surface area (Å²) in [7, 11) is 1.26. The molecule has 38 heavy (non-hydrogen) atoms. The van der Waals surface area contributed by atoms with E-state index in [1.807, 2.05) is 0 Å². The zero-order valence-electron chi connectivity index (χ0n) is 19.7. The number of benzene rings is 1. The summed E-state index contributed by atoms with van der Waals surface area (Å²) in [5.74, 6) is -2.64. The lowest BCUT2D eigenvalue weighted by molar-refractivity contribution is -0.150. The number of nitrogen functional groups attached to an aromatic ring is 1. The molecule has 196 valence electrons. The highest BCUT2D eigenvalue weighted by Crippen LogP contribution is 2.41. The van der Waals surface area contributed by atoms with E-state index < -0.39 is 34.6 Å². The van der Waals surface area contributed by atoms with Crippen LogP contribution < -0.4 is 16.5 Å². The lowest BCUT2D eigenvalue weighted by Crippen LogP contribution is -2.71. The number of oxime groups is 1. The molecule has 1 aliphatic carbocycles. The van der Waals surface area contributed by atoms with Gasteiger partial charge in [-0.2, -0.15) is 0 Å². The molecule has 5 N–H and O–H groups in total. The Labute approximate surface area is 222 Å². The van der Waals surface area contributed by atoms with Gasteiger partial charge in [-0.3, -0.25) is 19.3 Å². The van der Waals surface area contributed by atoms with E-state index >= 15 is 0 Å². The highest BCUT2D eigenvalue weighted by atomic mass is 32.2. The number of carbonyl (C=O) groups excluding carboxylic acids is 2. The van der Waals surface area contributed by atoms with Gasteiger partial charge in [0.1, 0.15) is 29.9 Å². The number of carboxylic acid groups (broad SMARTS) is 1. The van der Waals surface area contributed by atoms with Crippen molar-refractivity contribution in [3.8, 4) is 16.9 Å². The first-order valence-electron chi connectivity index (χ1n) is 11.0. The molecule has 1 fully saturated rings. The van der Waals surface area contributed by atoms with E-state index in [0.717, 1.165) is 11.3 Å². The number of carboxylic acids is 1. The number of pyridine rings is 1. The minimum absolute atomic E-state index is 0.146. The van der Waals surface area contributed by atoms with Gasteiger partial charge in [0.05, 0.1) is 0 Å². The Morgan fingerprint density at radius 3 is 2.79 bits per heavy atom. The number of hydrogen-bond acceptors (Lipinski definition) is 11. The molecule has 1 aromatic heterocycles. The van der Waals surface area contributed by atoms with Crippen molar-refractivity contribution in [3.63, 3.8) is 0 Å². The van der Waals surface area contributed by atoms with Crippen molar-refractivity contribution in [3.05, 3.63) is 63.2 Å². The topological polar surface area (TPSA) is 189 Å². The number of nitrogens with one attached hydrogen (secondary N) is 1. The molecule has 3 aliphatic heterocycles. The maximum absolute atomic E-state index is 13.0. The highest BCUT2D eigenvalue weighted by molar-refractivity contribution is 8.00. The average molecular weight is 557 g/mol. The predicted octanol–water partition coefficient (Wildman–Crippen LogP) is 0.487. The Balaban J connectivity index is 1.37. The normalized spacial score (nSPS) is 19.2. The number of nitrogens with zero attached hydrogens (tertiary/aromatic N) is 4. The molecule has 0 unspecified atom stereocenters. The summed E-state index contributed by atoms with van der Waals surface area (Å²) in [4.78, 5) is 59.8. The molecular formula is C23H20N6O7S2.